The summed E-state index contributed by atoms with van der Waals surface area (Å²) in [5.41, 5.74) is 7.56. The van der Waals surface area contributed by atoms with Crippen LogP contribution in [0.5, 0.6) is 5.75 Å². The minimum atomic E-state index is -1.09. The maximum absolute atomic E-state index is 11.0. The Hall–Kier alpha value is -2.30. The number of nitrogens with two attached hydrogens (primary N) is 1. The van der Waals surface area contributed by atoms with Crippen LogP contribution in [-0.4, -0.2) is 23.2 Å². The maximum atomic E-state index is 11.0. The van der Waals surface area contributed by atoms with Crippen molar-refractivity contribution in [3.63, 3.8) is 0 Å². The number of nitrogens with zero attached hydrogens (tertiary/aromatic N) is 1. The highest BCUT2D eigenvalue weighted by Crippen LogP contribution is 2.30. The highest BCUT2D eigenvalue weighted by molar-refractivity contribution is 6.04. The van der Waals surface area contributed by atoms with Gasteiger partial charge < -0.3 is 15.6 Å². The van der Waals surface area contributed by atoms with E-state index < -0.39 is 5.97 Å². The maximum Gasteiger partial charge on any atom is 0.339 e. The van der Waals surface area contributed by atoms with Gasteiger partial charge in [-0.2, -0.15) is 0 Å². The van der Waals surface area contributed by atoms with Crippen molar-refractivity contribution in [3.05, 3.63) is 29.5 Å². The van der Waals surface area contributed by atoms with Crippen LogP contribution in [0.3, 0.4) is 0 Å². The number of aryl methyl sites for hydroxylation is 1. The summed E-state index contributed by atoms with van der Waals surface area (Å²) >= 11 is 0. The summed E-state index contributed by atoms with van der Waals surface area (Å²) < 4.78 is 5.20. The Labute approximate surface area is 97.8 Å². The van der Waals surface area contributed by atoms with Gasteiger partial charge in [-0.1, -0.05) is 0 Å². The third-order valence-corrected chi connectivity index (χ3v) is 2.57. The molecule has 0 saturated heterocycles. The summed E-state index contributed by atoms with van der Waals surface area (Å²) in [6.07, 6.45) is 1.25. The molecule has 0 fully saturated rings. The van der Waals surface area contributed by atoms with E-state index in [1.54, 1.807) is 6.07 Å². The van der Waals surface area contributed by atoms with Crippen LogP contribution in [0.15, 0.2) is 18.3 Å². The number of carboxylic acid groups (broad SMARTS) is 1. The first-order valence-corrected chi connectivity index (χ1v) is 5.00. The predicted molar refractivity (Wildman–Crippen MR) is 64.4 cm³/mol. The van der Waals surface area contributed by atoms with Crippen LogP contribution >= 0.6 is 0 Å². The van der Waals surface area contributed by atoms with E-state index in [2.05, 4.69) is 4.98 Å². The summed E-state index contributed by atoms with van der Waals surface area (Å²) in [5, 5.41) is 9.57. The molecule has 0 spiro atoms. The Bertz CT molecular complexity index is 608. The fourth-order valence-electron chi connectivity index (χ4n) is 1.75. The Morgan fingerprint density at radius 1 is 1.47 bits per heavy atom. The molecule has 0 aliphatic carbocycles. The molecule has 0 radical (unpaired) electrons. The van der Waals surface area contributed by atoms with Gasteiger partial charge in [0.25, 0.3) is 0 Å². The van der Waals surface area contributed by atoms with Crippen LogP contribution in [0.2, 0.25) is 0 Å². The first kappa shape index (κ1) is 11.2. The number of pyridine rings is 1. The van der Waals surface area contributed by atoms with E-state index in [0.29, 0.717) is 16.7 Å². The fourth-order valence-corrected chi connectivity index (χ4v) is 1.75. The molecule has 1 heterocycles. The van der Waals surface area contributed by atoms with Gasteiger partial charge in [0.2, 0.25) is 0 Å². The zero-order valence-corrected chi connectivity index (χ0v) is 9.52. The molecule has 17 heavy (non-hydrogen) atoms. The zero-order valence-electron chi connectivity index (χ0n) is 9.52. The van der Waals surface area contributed by atoms with Crippen molar-refractivity contribution in [1.29, 1.82) is 0 Å². The van der Waals surface area contributed by atoms with Gasteiger partial charge >= 0.3 is 5.97 Å². The molecule has 1 aromatic heterocycles. The monoisotopic (exact) mass is 232 g/mol. The molecule has 2 aromatic rings. The molecule has 3 N–H and O–H groups in total. The lowest BCUT2D eigenvalue weighted by Gasteiger charge is -2.09. The van der Waals surface area contributed by atoms with Crippen LogP contribution in [0.1, 0.15) is 15.9 Å². The first-order valence-electron chi connectivity index (χ1n) is 5.00. The quantitative estimate of drug-likeness (QED) is 0.825. The van der Waals surface area contributed by atoms with Crippen molar-refractivity contribution in [2.45, 2.75) is 6.92 Å². The standard InChI is InChI=1S/C12H12N2O3/c1-6-3-7-10(13)8(12(15)16)5-14-11(7)9(4-6)17-2/h3-5H,1-2H3,(H2,13,14)(H,15,16). The van der Waals surface area contributed by atoms with E-state index in [1.807, 2.05) is 13.0 Å². The highest BCUT2D eigenvalue weighted by atomic mass is 16.5. The van der Waals surface area contributed by atoms with Crippen LogP contribution < -0.4 is 10.5 Å². The minimum absolute atomic E-state index is 0.00477. The first-order chi connectivity index (χ1) is 8.04. The van der Waals surface area contributed by atoms with Gasteiger partial charge in [0, 0.05) is 11.6 Å². The summed E-state index contributed by atoms with van der Waals surface area (Å²) in [7, 11) is 1.54. The largest absolute Gasteiger partial charge is 0.494 e. The average molecular weight is 232 g/mol. The topological polar surface area (TPSA) is 85.4 Å². The molecule has 0 aliphatic heterocycles. The van der Waals surface area contributed by atoms with Gasteiger partial charge in [0.15, 0.2) is 0 Å². The number of carbonyl (C=O) groups is 1. The van der Waals surface area contributed by atoms with Crippen molar-refractivity contribution < 1.29 is 14.6 Å². The normalized spacial score (nSPS) is 10.5. The van der Waals surface area contributed by atoms with Gasteiger partial charge in [0.1, 0.15) is 16.8 Å². The van der Waals surface area contributed by atoms with Crippen LogP contribution in [0.25, 0.3) is 10.9 Å². The molecule has 1 aromatic carbocycles. The van der Waals surface area contributed by atoms with Gasteiger partial charge in [-0.05, 0) is 24.6 Å². The Morgan fingerprint density at radius 2 is 2.18 bits per heavy atom. The van der Waals surface area contributed by atoms with Crippen LogP contribution in [-0.2, 0) is 0 Å². The zero-order chi connectivity index (χ0) is 12.6. The van der Waals surface area contributed by atoms with Crippen molar-refractivity contribution in [1.82, 2.24) is 4.98 Å². The molecule has 0 aliphatic rings. The van der Waals surface area contributed by atoms with E-state index in [4.69, 9.17) is 15.6 Å². The SMILES string of the molecule is COc1cc(C)cc2c(N)c(C(=O)O)cnc12. The molecule has 5 heteroatoms. The Balaban J connectivity index is 2.86. The number of ether oxygens (including phenoxy) is 1. The number of hydrogen-bond acceptors (Lipinski definition) is 4. The molecule has 0 saturated carbocycles. The third kappa shape index (κ3) is 1.75. The number of fused-ring (bicyclic) bond motifs is 1. The van der Waals surface area contributed by atoms with Crippen molar-refractivity contribution in [3.8, 4) is 5.75 Å². The molecular weight excluding hydrogens is 220 g/mol. The molecule has 5 nitrogen and oxygen atoms in total. The number of nitrogen functional groups attached to an aromatic ring is 1. The van der Waals surface area contributed by atoms with Crippen molar-refractivity contribution in [2.24, 2.45) is 0 Å². The number of aromatic nitrogens is 1. The van der Waals surface area contributed by atoms with Gasteiger partial charge in [-0.3, -0.25) is 4.98 Å². The van der Waals surface area contributed by atoms with E-state index in [-0.39, 0.29) is 11.3 Å². The minimum Gasteiger partial charge on any atom is -0.494 e. The van der Waals surface area contributed by atoms with Crippen molar-refractivity contribution >= 4 is 22.6 Å². The molecule has 88 valence electrons. The number of carboxylic acids is 1. The van der Waals surface area contributed by atoms with E-state index in [9.17, 15) is 4.79 Å². The molecular formula is C12H12N2O3. The average Bonchev–Trinajstić information content (AvgIpc) is 2.28. The van der Waals surface area contributed by atoms with E-state index >= 15 is 0 Å². The van der Waals surface area contributed by atoms with Crippen LogP contribution in [0.4, 0.5) is 5.69 Å². The summed E-state index contributed by atoms with van der Waals surface area (Å²) in [6.45, 7) is 1.88. The highest BCUT2D eigenvalue weighted by Gasteiger charge is 2.14. The fraction of sp³-hybridized carbons (Fsp3) is 0.167. The number of benzene rings is 1. The summed E-state index contributed by atoms with van der Waals surface area (Å²) in [6, 6.07) is 3.63. The lowest BCUT2D eigenvalue weighted by atomic mass is 10.1. The lowest BCUT2D eigenvalue weighted by Crippen LogP contribution is -2.04. The second-order valence-electron chi connectivity index (χ2n) is 3.75. The molecule has 2 rings (SSSR count). The van der Waals surface area contributed by atoms with E-state index in [1.165, 1.54) is 13.3 Å². The van der Waals surface area contributed by atoms with E-state index in [0.717, 1.165) is 5.56 Å². The smallest absolute Gasteiger partial charge is 0.339 e. The number of aromatic carboxylic acids is 1. The Morgan fingerprint density at radius 3 is 2.76 bits per heavy atom. The number of anilines is 1. The molecule has 0 atom stereocenters. The van der Waals surface area contributed by atoms with Gasteiger partial charge in [-0.25, -0.2) is 4.79 Å². The molecule has 0 amide bonds. The van der Waals surface area contributed by atoms with Gasteiger partial charge in [0.05, 0.1) is 12.8 Å². The van der Waals surface area contributed by atoms with Crippen molar-refractivity contribution in [2.75, 3.05) is 12.8 Å². The summed E-state index contributed by atoms with van der Waals surface area (Å²) in [5.74, 6) is -0.499. The predicted octanol–water partition coefficient (Wildman–Crippen LogP) is 1.83. The number of methoxy groups -OCH3 is 1. The summed E-state index contributed by atoms with van der Waals surface area (Å²) in [4.78, 5) is 15.0. The molecule has 0 unspecified atom stereocenters. The lowest BCUT2D eigenvalue weighted by molar-refractivity contribution is 0.0698. The second-order valence-corrected chi connectivity index (χ2v) is 3.75. The second kappa shape index (κ2) is 3.93. The molecule has 0 bridgehead atoms. The number of hydrogen-bond donors (Lipinski definition) is 2. The van der Waals surface area contributed by atoms with Gasteiger partial charge in [-0.15, -0.1) is 0 Å². The third-order valence-electron chi connectivity index (χ3n) is 2.57. The number of rotatable bonds is 2. The Kier molecular flexibility index (Phi) is 2.59. The van der Waals surface area contributed by atoms with Crippen LogP contribution in [0, 0.1) is 6.92 Å².